The molecule has 0 amide bonds. The minimum Gasteiger partial charge on any atom is -0.309 e. The molecule has 8 aromatic carbocycles. The van der Waals surface area contributed by atoms with Gasteiger partial charge in [-0.15, -0.1) is 0 Å². The topological polar surface area (TPSA) is 62.4 Å². The summed E-state index contributed by atoms with van der Waals surface area (Å²) >= 11 is 0. The molecule has 0 N–H and O–H groups in total. The van der Waals surface area contributed by atoms with Crippen LogP contribution < -0.4 is 0 Å². The quantitative estimate of drug-likeness (QED) is 0.184. The van der Waals surface area contributed by atoms with Crippen molar-refractivity contribution in [2.45, 2.75) is 0 Å². The molecule has 3 heterocycles. The van der Waals surface area contributed by atoms with E-state index in [1.165, 1.54) is 16.3 Å². The number of benzene rings is 8. The monoisotopic (exact) mass is 699 g/mol. The molecule has 11 rings (SSSR count). The van der Waals surface area contributed by atoms with Crippen LogP contribution in [0, 0.1) is 22.7 Å². The van der Waals surface area contributed by atoms with Crippen molar-refractivity contribution in [3.63, 3.8) is 0 Å². The first-order valence-electron chi connectivity index (χ1n) is 18.3. The molecule has 0 spiro atoms. The van der Waals surface area contributed by atoms with Crippen molar-refractivity contribution in [2.75, 3.05) is 0 Å². The van der Waals surface area contributed by atoms with Crippen LogP contribution >= 0.6 is 0 Å². The van der Waals surface area contributed by atoms with Gasteiger partial charge in [-0.05, 0) is 77.9 Å². The van der Waals surface area contributed by atoms with Gasteiger partial charge in [-0.2, -0.15) is 10.5 Å². The van der Waals surface area contributed by atoms with Crippen molar-refractivity contribution in [1.82, 2.24) is 13.7 Å². The second kappa shape index (κ2) is 11.8. The van der Waals surface area contributed by atoms with Crippen LogP contribution in [0.2, 0.25) is 0 Å². The smallest absolute Gasteiger partial charge is 0.101 e. The number of para-hydroxylation sites is 5. The highest BCUT2D eigenvalue weighted by molar-refractivity contribution is 6.17. The Hall–Kier alpha value is -7.86. The summed E-state index contributed by atoms with van der Waals surface area (Å²) < 4.78 is 6.70. The fourth-order valence-electron chi connectivity index (χ4n) is 8.82. The number of fused-ring (bicyclic) bond motifs is 9. The van der Waals surface area contributed by atoms with E-state index < -0.39 is 0 Å². The summed E-state index contributed by atoms with van der Waals surface area (Å²) in [6, 6.07) is 66.0. The maximum absolute atomic E-state index is 10.7. The maximum Gasteiger partial charge on any atom is 0.101 e. The van der Waals surface area contributed by atoms with Crippen LogP contribution in [0.25, 0.3) is 93.6 Å². The Bertz CT molecular complexity index is 3400. The van der Waals surface area contributed by atoms with E-state index in [1.807, 2.05) is 36.4 Å². The number of hydrogen-bond donors (Lipinski definition) is 0. The van der Waals surface area contributed by atoms with Crippen molar-refractivity contribution in [2.24, 2.45) is 0 Å². The largest absolute Gasteiger partial charge is 0.309 e. The van der Waals surface area contributed by atoms with Crippen LogP contribution in [0.5, 0.6) is 0 Å². The normalized spacial score (nSPS) is 11.6. The SMILES string of the molecule is N#Cc1cc(C#N)c(-n2c3ccccc3c3c(-c4ccc5c(c4)c4ccccc4n5-c4ccccc4)cccc32)cc1-n1c2ccccc2c2ccccc21. The average molecular weight is 700 g/mol. The molecule has 0 saturated carbocycles. The second-order valence-corrected chi connectivity index (χ2v) is 14.0. The fourth-order valence-corrected chi connectivity index (χ4v) is 8.82. The molecule has 11 aromatic rings. The Labute approximate surface area is 316 Å². The predicted molar refractivity (Wildman–Crippen MR) is 224 cm³/mol. The number of hydrogen-bond acceptors (Lipinski definition) is 2. The lowest BCUT2D eigenvalue weighted by Crippen LogP contribution is -2.04. The first-order chi connectivity index (χ1) is 27.2. The molecule has 0 aliphatic heterocycles. The van der Waals surface area contributed by atoms with Gasteiger partial charge in [0.25, 0.3) is 0 Å². The lowest BCUT2D eigenvalue weighted by Gasteiger charge is -2.16. The molecular formula is C50H29N5. The van der Waals surface area contributed by atoms with Crippen molar-refractivity contribution < 1.29 is 0 Å². The highest BCUT2D eigenvalue weighted by Crippen LogP contribution is 2.42. The Morgan fingerprint density at radius 3 is 1.44 bits per heavy atom. The van der Waals surface area contributed by atoms with E-state index in [0.717, 1.165) is 77.3 Å². The lowest BCUT2D eigenvalue weighted by atomic mass is 9.98. The molecule has 5 heteroatoms. The molecule has 254 valence electrons. The predicted octanol–water partition coefficient (Wildman–Crippen LogP) is 12.4. The van der Waals surface area contributed by atoms with Gasteiger partial charge in [0.15, 0.2) is 0 Å². The summed E-state index contributed by atoms with van der Waals surface area (Å²) in [5.74, 6) is 0. The molecule has 0 aliphatic rings. The lowest BCUT2D eigenvalue weighted by molar-refractivity contribution is 1.12. The van der Waals surface area contributed by atoms with Crippen LogP contribution in [0.3, 0.4) is 0 Å². The first kappa shape index (κ1) is 30.7. The summed E-state index contributed by atoms with van der Waals surface area (Å²) in [5.41, 5.74) is 12.0. The van der Waals surface area contributed by atoms with Crippen LogP contribution in [-0.2, 0) is 0 Å². The summed E-state index contributed by atoms with van der Waals surface area (Å²) in [6.45, 7) is 0. The van der Waals surface area contributed by atoms with Crippen molar-refractivity contribution in [3.05, 3.63) is 187 Å². The van der Waals surface area contributed by atoms with Crippen LogP contribution in [0.4, 0.5) is 0 Å². The minimum atomic E-state index is 0.435. The number of rotatable bonds is 4. The zero-order chi connectivity index (χ0) is 36.6. The molecule has 0 unspecified atom stereocenters. The van der Waals surface area contributed by atoms with Crippen LogP contribution in [0.15, 0.2) is 176 Å². The van der Waals surface area contributed by atoms with Crippen LogP contribution in [0.1, 0.15) is 11.1 Å². The Morgan fingerprint density at radius 2 is 0.818 bits per heavy atom. The Kier molecular flexibility index (Phi) is 6.61. The minimum absolute atomic E-state index is 0.435. The Morgan fingerprint density at radius 1 is 0.345 bits per heavy atom. The third kappa shape index (κ3) is 4.39. The van der Waals surface area contributed by atoms with E-state index >= 15 is 0 Å². The molecule has 0 saturated heterocycles. The molecule has 0 aliphatic carbocycles. The molecular weight excluding hydrogens is 671 g/mol. The molecule has 55 heavy (non-hydrogen) atoms. The van der Waals surface area contributed by atoms with Crippen molar-refractivity contribution >= 4 is 65.4 Å². The van der Waals surface area contributed by atoms with Gasteiger partial charge in [-0.1, -0.05) is 109 Å². The van der Waals surface area contributed by atoms with Gasteiger partial charge >= 0.3 is 0 Å². The van der Waals surface area contributed by atoms with E-state index in [1.54, 1.807) is 6.07 Å². The van der Waals surface area contributed by atoms with Gasteiger partial charge in [0.1, 0.15) is 12.1 Å². The molecule has 0 bridgehead atoms. The fraction of sp³-hybridized carbons (Fsp3) is 0. The number of nitriles is 2. The Balaban J connectivity index is 1.19. The van der Waals surface area contributed by atoms with Crippen molar-refractivity contribution in [3.8, 4) is 40.3 Å². The average Bonchev–Trinajstić information content (AvgIpc) is 3.89. The third-order valence-corrected chi connectivity index (χ3v) is 11.1. The van der Waals surface area contributed by atoms with Gasteiger partial charge in [-0.25, -0.2) is 0 Å². The number of nitrogens with zero attached hydrogens (tertiary/aromatic N) is 5. The van der Waals surface area contributed by atoms with E-state index in [0.29, 0.717) is 11.1 Å². The van der Waals surface area contributed by atoms with Crippen molar-refractivity contribution in [1.29, 1.82) is 10.5 Å². The van der Waals surface area contributed by atoms with Gasteiger partial charge < -0.3 is 13.7 Å². The third-order valence-electron chi connectivity index (χ3n) is 11.1. The summed E-state index contributed by atoms with van der Waals surface area (Å²) in [5, 5.41) is 28.0. The van der Waals surface area contributed by atoms with E-state index in [-0.39, 0.29) is 0 Å². The maximum atomic E-state index is 10.7. The molecule has 5 nitrogen and oxygen atoms in total. The van der Waals surface area contributed by atoms with E-state index in [9.17, 15) is 10.5 Å². The first-order valence-corrected chi connectivity index (χ1v) is 18.3. The highest BCUT2D eigenvalue weighted by Gasteiger charge is 2.22. The van der Waals surface area contributed by atoms with Gasteiger partial charge in [0.2, 0.25) is 0 Å². The molecule has 0 radical (unpaired) electrons. The summed E-state index contributed by atoms with van der Waals surface area (Å²) in [4.78, 5) is 0. The van der Waals surface area contributed by atoms with Gasteiger partial charge in [-0.3, -0.25) is 0 Å². The summed E-state index contributed by atoms with van der Waals surface area (Å²) in [7, 11) is 0. The molecule has 3 aromatic heterocycles. The van der Waals surface area contributed by atoms with Gasteiger partial charge in [0, 0.05) is 38.0 Å². The zero-order valence-corrected chi connectivity index (χ0v) is 29.5. The van der Waals surface area contributed by atoms with E-state index in [4.69, 9.17) is 0 Å². The standard InChI is InChI=1S/C50H29N5/c51-30-33-27-34(31-52)49(29-48(33)54-43-21-9-4-15-37(43)38-16-5-10-22-44(38)54)55-45-23-11-7-18-40(45)50-36(19-12-24-47(50)55)32-25-26-46-41(28-32)39-17-6-8-20-42(39)53(46)35-13-2-1-3-14-35/h1-29H. The molecule has 0 atom stereocenters. The highest BCUT2D eigenvalue weighted by atomic mass is 15.0. The van der Waals surface area contributed by atoms with Crippen LogP contribution in [-0.4, -0.2) is 13.7 Å². The van der Waals surface area contributed by atoms with E-state index in [2.05, 4.69) is 159 Å². The zero-order valence-electron chi connectivity index (χ0n) is 29.5. The molecule has 0 fully saturated rings. The van der Waals surface area contributed by atoms with Gasteiger partial charge in [0.05, 0.1) is 55.6 Å². The number of aromatic nitrogens is 3. The summed E-state index contributed by atoms with van der Waals surface area (Å²) in [6.07, 6.45) is 0. The second-order valence-electron chi connectivity index (χ2n) is 14.0.